The van der Waals surface area contributed by atoms with Crippen LogP contribution >= 0.6 is 0 Å². The second kappa shape index (κ2) is 8.59. The molecule has 0 atom stereocenters. The summed E-state index contributed by atoms with van der Waals surface area (Å²) >= 11 is 0. The van der Waals surface area contributed by atoms with E-state index in [1.54, 1.807) is 18.2 Å². The fraction of sp³-hybridized carbons (Fsp3) is 0.263. The second-order valence-corrected chi connectivity index (χ2v) is 5.59. The van der Waals surface area contributed by atoms with Crippen molar-refractivity contribution in [2.24, 2.45) is 5.92 Å². The van der Waals surface area contributed by atoms with Crippen LogP contribution in [0.25, 0.3) is 5.57 Å². The third kappa shape index (κ3) is 5.03. The Morgan fingerprint density at radius 1 is 1.42 bits per heavy atom. The highest BCUT2D eigenvalue weighted by Crippen LogP contribution is 2.25. The van der Waals surface area contributed by atoms with Crippen LogP contribution in [0, 0.1) is 17.2 Å². The van der Waals surface area contributed by atoms with E-state index in [1.807, 2.05) is 13.8 Å². The van der Waals surface area contributed by atoms with E-state index in [2.05, 4.69) is 12.6 Å². The van der Waals surface area contributed by atoms with Crippen LogP contribution in [0.2, 0.25) is 0 Å². The molecule has 0 aliphatic heterocycles. The van der Waals surface area contributed by atoms with Gasteiger partial charge in [-0.15, -0.1) is 0 Å². The number of carboxylic acids is 1. The zero-order valence-electron chi connectivity index (χ0n) is 14.0. The Labute approximate surface area is 141 Å². The Hall–Kier alpha value is -3.00. The molecular weight excluding hydrogens is 306 g/mol. The van der Waals surface area contributed by atoms with Crippen molar-refractivity contribution in [1.29, 1.82) is 5.26 Å². The number of nitrogens with zero attached hydrogens (tertiary/aromatic N) is 1. The molecule has 0 amide bonds. The summed E-state index contributed by atoms with van der Waals surface area (Å²) in [6.07, 6.45) is 2.56. The molecule has 0 bridgehead atoms. The predicted octanol–water partition coefficient (Wildman–Crippen LogP) is 4.08. The van der Waals surface area contributed by atoms with Gasteiger partial charge in [-0.1, -0.05) is 26.5 Å². The van der Waals surface area contributed by atoms with Gasteiger partial charge < -0.3 is 14.9 Å². The smallest absolute Gasteiger partial charge is 0.339 e. The Morgan fingerprint density at radius 2 is 2.08 bits per heavy atom. The van der Waals surface area contributed by atoms with Gasteiger partial charge in [0.2, 0.25) is 0 Å². The summed E-state index contributed by atoms with van der Waals surface area (Å²) < 4.78 is 5.59. The van der Waals surface area contributed by atoms with Gasteiger partial charge in [-0.3, -0.25) is 0 Å². The predicted molar refractivity (Wildman–Crippen MR) is 92.6 cm³/mol. The van der Waals surface area contributed by atoms with Crippen LogP contribution in [0.1, 0.15) is 31.9 Å². The van der Waals surface area contributed by atoms with Crippen LogP contribution in [-0.4, -0.2) is 22.8 Å². The van der Waals surface area contributed by atoms with E-state index in [-0.39, 0.29) is 11.3 Å². The van der Waals surface area contributed by atoms with Crippen molar-refractivity contribution >= 4 is 11.5 Å². The molecule has 1 aromatic carbocycles. The highest BCUT2D eigenvalue weighted by atomic mass is 16.5. The minimum Gasteiger partial charge on any atom is -0.507 e. The first-order valence-electron chi connectivity index (χ1n) is 7.47. The van der Waals surface area contributed by atoms with E-state index < -0.39 is 5.97 Å². The molecule has 0 fully saturated rings. The topological polar surface area (TPSA) is 90.6 Å². The summed E-state index contributed by atoms with van der Waals surface area (Å²) in [6.45, 7) is 9.86. The first-order chi connectivity index (χ1) is 11.3. The van der Waals surface area contributed by atoms with Gasteiger partial charge in [0.25, 0.3) is 0 Å². The van der Waals surface area contributed by atoms with E-state index in [0.29, 0.717) is 35.0 Å². The zero-order chi connectivity index (χ0) is 18.3. The zero-order valence-corrected chi connectivity index (χ0v) is 14.0. The molecule has 1 aromatic rings. The number of hydrogen-bond acceptors (Lipinski definition) is 4. The van der Waals surface area contributed by atoms with Crippen LogP contribution in [0.15, 0.2) is 48.3 Å². The summed E-state index contributed by atoms with van der Waals surface area (Å²) in [5, 5.41) is 28.1. The summed E-state index contributed by atoms with van der Waals surface area (Å²) in [5.74, 6) is -0.803. The second-order valence-electron chi connectivity index (χ2n) is 5.59. The fourth-order valence-electron chi connectivity index (χ4n) is 1.86. The number of carboxylic acid groups (broad SMARTS) is 1. The molecule has 1 rings (SSSR count). The van der Waals surface area contributed by atoms with Crippen LogP contribution in [0.5, 0.6) is 5.75 Å². The Kier molecular flexibility index (Phi) is 6.81. The summed E-state index contributed by atoms with van der Waals surface area (Å²) in [5.41, 5.74) is 1.02. The summed E-state index contributed by atoms with van der Waals surface area (Å²) in [7, 11) is 0. The molecule has 0 aliphatic rings. The lowest BCUT2D eigenvalue weighted by atomic mass is 10.0. The van der Waals surface area contributed by atoms with Crippen molar-refractivity contribution in [3.05, 3.63) is 59.4 Å². The summed E-state index contributed by atoms with van der Waals surface area (Å²) in [4.78, 5) is 11.2. The Bertz CT molecular complexity index is 736. The molecule has 126 valence electrons. The SMILES string of the molecule is C=C(/C=C(C(=O)O)\C(O)=C/C)c1ccc(OCC(C)C)c(C#N)c1. The van der Waals surface area contributed by atoms with Crippen molar-refractivity contribution in [2.75, 3.05) is 6.61 Å². The van der Waals surface area contributed by atoms with Gasteiger partial charge in [0.1, 0.15) is 23.2 Å². The molecule has 24 heavy (non-hydrogen) atoms. The number of aliphatic hydroxyl groups excluding tert-OH is 1. The molecule has 5 nitrogen and oxygen atoms in total. The number of aliphatic hydroxyl groups is 1. The first kappa shape index (κ1) is 19.0. The van der Waals surface area contributed by atoms with Gasteiger partial charge in [0.15, 0.2) is 0 Å². The number of hydrogen-bond donors (Lipinski definition) is 2. The molecule has 0 aromatic heterocycles. The molecule has 0 radical (unpaired) electrons. The quantitative estimate of drug-likeness (QED) is 0.447. The van der Waals surface area contributed by atoms with E-state index in [4.69, 9.17) is 9.84 Å². The lowest BCUT2D eigenvalue weighted by Gasteiger charge is -2.11. The minimum atomic E-state index is -1.26. The fourth-order valence-corrected chi connectivity index (χ4v) is 1.86. The maximum Gasteiger partial charge on any atom is 0.339 e. The van der Waals surface area contributed by atoms with Crippen molar-refractivity contribution in [1.82, 2.24) is 0 Å². The van der Waals surface area contributed by atoms with Crippen molar-refractivity contribution < 1.29 is 19.7 Å². The molecule has 5 heteroatoms. The van der Waals surface area contributed by atoms with Gasteiger partial charge >= 0.3 is 5.97 Å². The number of ether oxygens (including phenoxy) is 1. The molecule has 0 heterocycles. The van der Waals surface area contributed by atoms with Gasteiger partial charge in [-0.2, -0.15) is 5.26 Å². The van der Waals surface area contributed by atoms with Gasteiger partial charge in [-0.05, 0) is 48.3 Å². The third-order valence-electron chi connectivity index (χ3n) is 3.14. The number of aliphatic carboxylic acids is 1. The molecule has 2 N–H and O–H groups in total. The highest BCUT2D eigenvalue weighted by molar-refractivity contribution is 5.94. The molecule has 0 spiro atoms. The van der Waals surface area contributed by atoms with Gasteiger partial charge in [-0.25, -0.2) is 4.79 Å². The van der Waals surface area contributed by atoms with E-state index >= 15 is 0 Å². The lowest BCUT2D eigenvalue weighted by molar-refractivity contribution is -0.132. The van der Waals surface area contributed by atoms with Crippen molar-refractivity contribution in [3.63, 3.8) is 0 Å². The maximum atomic E-state index is 11.2. The monoisotopic (exact) mass is 327 g/mol. The molecule has 0 unspecified atom stereocenters. The molecule has 0 saturated heterocycles. The Balaban J connectivity index is 3.16. The number of rotatable bonds is 7. The number of carbonyl (C=O) groups is 1. The molecule has 0 saturated carbocycles. The molecular formula is C19H21NO4. The van der Waals surface area contributed by atoms with Crippen molar-refractivity contribution in [2.45, 2.75) is 20.8 Å². The maximum absolute atomic E-state index is 11.2. The minimum absolute atomic E-state index is 0.263. The van der Waals surface area contributed by atoms with Crippen LogP contribution in [0.4, 0.5) is 0 Å². The lowest BCUT2D eigenvalue weighted by Crippen LogP contribution is -2.06. The van der Waals surface area contributed by atoms with Crippen LogP contribution < -0.4 is 4.74 Å². The van der Waals surface area contributed by atoms with Gasteiger partial charge in [0.05, 0.1) is 12.2 Å². The van der Waals surface area contributed by atoms with Crippen LogP contribution in [0.3, 0.4) is 0 Å². The normalized spacial score (nSPS) is 12.0. The van der Waals surface area contributed by atoms with E-state index in [1.165, 1.54) is 19.1 Å². The van der Waals surface area contributed by atoms with Gasteiger partial charge in [0, 0.05) is 0 Å². The standard InChI is InChI=1S/C19H21NO4/c1-5-17(21)16(19(22)23)8-13(4)14-6-7-18(15(9-14)10-20)24-11-12(2)3/h5-9,12,21H,4,11H2,1-3H3,(H,22,23)/b16-8+,17-5+. The first-order valence-corrected chi connectivity index (χ1v) is 7.47. The summed E-state index contributed by atoms with van der Waals surface area (Å²) in [6, 6.07) is 7.00. The average molecular weight is 327 g/mol. The largest absolute Gasteiger partial charge is 0.507 e. The average Bonchev–Trinajstić information content (AvgIpc) is 2.56. The third-order valence-corrected chi connectivity index (χ3v) is 3.14. The van der Waals surface area contributed by atoms with E-state index in [0.717, 1.165) is 0 Å². The van der Waals surface area contributed by atoms with Crippen molar-refractivity contribution in [3.8, 4) is 11.8 Å². The highest BCUT2D eigenvalue weighted by Gasteiger charge is 2.13. The van der Waals surface area contributed by atoms with E-state index in [9.17, 15) is 15.2 Å². The Morgan fingerprint density at radius 3 is 2.58 bits per heavy atom. The molecule has 0 aliphatic carbocycles. The van der Waals surface area contributed by atoms with Crippen LogP contribution in [-0.2, 0) is 4.79 Å². The number of benzene rings is 1. The number of nitriles is 1. The number of allylic oxidation sites excluding steroid dienone is 3.